The molecule has 2 heterocycles. The van der Waals surface area contributed by atoms with Gasteiger partial charge in [0.1, 0.15) is 5.60 Å². The van der Waals surface area contributed by atoms with E-state index in [2.05, 4.69) is 31.9 Å². The van der Waals surface area contributed by atoms with Gasteiger partial charge >= 0.3 is 12.1 Å². The predicted octanol–water partition coefficient (Wildman–Crippen LogP) is 3.49. The number of likely N-dealkylation sites (N-methyl/N-ethyl adjacent to an activating group) is 1. The van der Waals surface area contributed by atoms with Crippen LogP contribution in [0.2, 0.25) is 0 Å². The molecule has 2 saturated heterocycles. The fourth-order valence-electron chi connectivity index (χ4n) is 7.03. The summed E-state index contributed by atoms with van der Waals surface area (Å²) in [5, 5.41) is 17.9. The smallest absolute Gasteiger partial charge is 0.407 e. The molecule has 7 amide bonds. The van der Waals surface area contributed by atoms with Crippen molar-refractivity contribution in [1.82, 2.24) is 36.8 Å². The first-order valence-corrected chi connectivity index (χ1v) is 24.5. The lowest BCUT2D eigenvalue weighted by molar-refractivity contribution is -0.131. The number of ether oxygens (including phenoxy) is 4. The minimum atomic E-state index is -0.581. The lowest BCUT2D eigenvalue weighted by atomic mass is 10.0. The van der Waals surface area contributed by atoms with Crippen LogP contribution in [0.15, 0.2) is 0 Å². The molecule has 0 unspecified atom stereocenters. The average molecular weight is 915 g/mol. The Morgan fingerprint density at radius 2 is 1.19 bits per heavy atom. The number of alkyl carbamates (subject to hydrolysis) is 1. The lowest BCUT2D eigenvalue weighted by Crippen LogP contribution is -2.42. The van der Waals surface area contributed by atoms with Crippen LogP contribution in [0.5, 0.6) is 0 Å². The molecule has 0 aromatic heterocycles. The number of nitrogens with two attached hydrogens (primary N) is 1. The number of carbonyl (C=O) groups excluding carboxylic acids is 6. The molecule has 0 spiro atoms. The van der Waals surface area contributed by atoms with Crippen LogP contribution in [0.1, 0.15) is 130 Å². The fourth-order valence-corrected chi connectivity index (χ4v) is 8.57. The quantitative estimate of drug-likeness (QED) is 0.0350. The third-order valence-electron chi connectivity index (χ3n) is 10.5. The van der Waals surface area contributed by atoms with E-state index in [1.54, 1.807) is 11.9 Å². The van der Waals surface area contributed by atoms with Gasteiger partial charge in [0.05, 0.1) is 44.6 Å². The van der Waals surface area contributed by atoms with Gasteiger partial charge in [-0.3, -0.25) is 19.2 Å². The SMILES string of the molecule is CN(CCCOCCOCCOCCCNC(=O)CCCC[C@@H]1SC[C@@H]2NC(=O)N[C@@H]21)C(=O)[C@@H](N)CCCCNC(=O)CCCCCNC(=O)CCCCCNC(=O)OC(C)(C)C. The summed E-state index contributed by atoms with van der Waals surface area (Å²) in [5.74, 6) is 0.941. The topological polar surface area (TPSA) is 241 Å². The number of amides is 7. The first-order valence-electron chi connectivity index (χ1n) is 23.4. The summed E-state index contributed by atoms with van der Waals surface area (Å²) in [6.45, 7) is 11.1. The van der Waals surface area contributed by atoms with Gasteiger partial charge < -0.3 is 61.5 Å². The van der Waals surface area contributed by atoms with E-state index in [9.17, 15) is 28.8 Å². The number of fused-ring (bicyclic) bond motifs is 1. The Morgan fingerprint density at radius 3 is 1.78 bits per heavy atom. The summed E-state index contributed by atoms with van der Waals surface area (Å²) < 4.78 is 22.0. The van der Waals surface area contributed by atoms with Crippen LogP contribution in [-0.4, -0.2) is 155 Å². The van der Waals surface area contributed by atoms with Gasteiger partial charge in [0.2, 0.25) is 23.6 Å². The number of nitrogens with one attached hydrogen (secondary N) is 6. The molecule has 0 aromatic carbocycles. The normalized spacial score (nSPS) is 17.3. The van der Waals surface area contributed by atoms with Gasteiger partial charge in [-0.1, -0.05) is 19.3 Å². The summed E-state index contributed by atoms with van der Waals surface area (Å²) in [6.07, 6.45) is 12.1. The minimum Gasteiger partial charge on any atom is -0.444 e. The van der Waals surface area contributed by atoms with E-state index >= 15 is 0 Å². The molecule has 0 bridgehead atoms. The van der Waals surface area contributed by atoms with Crippen LogP contribution < -0.4 is 37.6 Å². The lowest BCUT2D eigenvalue weighted by Gasteiger charge is -2.21. The number of hydrogen-bond acceptors (Lipinski definition) is 12. The molecule has 4 atom stereocenters. The van der Waals surface area contributed by atoms with Crippen LogP contribution in [-0.2, 0) is 38.1 Å². The summed E-state index contributed by atoms with van der Waals surface area (Å²) in [6, 6.07) is -0.194. The maximum Gasteiger partial charge on any atom is 0.407 e. The molecule has 63 heavy (non-hydrogen) atoms. The Hall–Kier alpha value is -3.39. The van der Waals surface area contributed by atoms with Gasteiger partial charge in [0, 0.05) is 83.3 Å². The number of thioether (sulfide) groups is 1. The number of hydrogen-bond donors (Lipinski definition) is 7. The highest BCUT2D eigenvalue weighted by Crippen LogP contribution is 2.33. The second-order valence-electron chi connectivity index (χ2n) is 17.4. The largest absolute Gasteiger partial charge is 0.444 e. The van der Waals surface area contributed by atoms with Gasteiger partial charge in [0.25, 0.3) is 0 Å². The monoisotopic (exact) mass is 915 g/mol. The van der Waals surface area contributed by atoms with Crippen LogP contribution >= 0.6 is 11.8 Å². The molecule has 0 radical (unpaired) electrons. The van der Waals surface area contributed by atoms with Crippen molar-refractivity contribution in [1.29, 1.82) is 0 Å². The molecule has 2 fully saturated rings. The standard InChI is InChI=1S/C44H82N8O10S/c1-44(2,3)62-43(58)49-24-13-6-8-20-37(53)46-22-12-5-7-19-38(54)47-23-14-11-17-34(45)41(56)52(4)26-16-28-60-30-32-61-31-29-59-27-15-25-48-39(55)21-10-9-18-36-40-35(33-63-36)50-42(57)51-40/h34-36,40H,5-33,45H2,1-4H3,(H,46,53)(H,47,54)(H,48,55)(H,49,58)(H2,50,51,57)/t34-,35-,36-,40-/m0/s1. The van der Waals surface area contributed by atoms with E-state index in [0.717, 1.165) is 82.8 Å². The van der Waals surface area contributed by atoms with E-state index < -0.39 is 17.7 Å². The minimum absolute atomic E-state index is 0.00499. The van der Waals surface area contributed by atoms with Crippen molar-refractivity contribution < 1.29 is 47.7 Å². The fraction of sp³-hybridized carbons (Fsp3) is 0.864. The Balaban J connectivity index is 1.28. The van der Waals surface area contributed by atoms with Crippen molar-refractivity contribution in [2.45, 2.75) is 159 Å². The first-order chi connectivity index (χ1) is 30.2. The Bertz CT molecular complexity index is 1330. The zero-order chi connectivity index (χ0) is 46.1. The summed E-state index contributed by atoms with van der Waals surface area (Å²) in [4.78, 5) is 73.8. The van der Waals surface area contributed by atoms with E-state index in [-0.39, 0.29) is 41.7 Å². The van der Waals surface area contributed by atoms with Gasteiger partial charge in [-0.15, -0.1) is 0 Å². The zero-order valence-corrected chi connectivity index (χ0v) is 39.6. The molecule has 2 rings (SSSR count). The number of rotatable bonds is 37. The Kier molecular flexibility index (Phi) is 30.1. The van der Waals surface area contributed by atoms with Crippen molar-refractivity contribution in [3.05, 3.63) is 0 Å². The molecule has 19 heteroatoms. The van der Waals surface area contributed by atoms with Crippen LogP contribution in [0, 0.1) is 0 Å². The van der Waals surface area contributed by atoms with E-state index in [4.69, 9.17) is 24.7 Å². The van der Waals surface area contributed by atoms with E-state index in [1.807, 2.05) is 32.5 Å². The third-order valence-corrected chi connectivity index (χ3v) is 12.0. The average Bonchev–Trinajstić information content (AvgIpc) is 3.79. The maximum atomic E-state index is 12.7. The molecule has 8 N–H and O–H groups in total. The summed E-state index contributed by atoms with van der Waals surface area (Å²) >= 11 is 1.90. The van der Waals surface area contributed by atoms with Gasteiger partial charge in [-0.2, -0.15) is 11.8 Å². The van der Waals surface area contributed by atoms with Crippen molar-refractivity contribution in [2.75, 3.05) is 85.2 Å². The van der Waals surface area contributed by atoms with Crippen LogP contribution in [0.4, 0.5) is 9.59 Å². The molecule has 0 aromatic rings. The van der Waals surface area contributed by atoms with Gasteiger partial charge in [0.15, 0.2) is 0 Å². The highest BCUT2D eigenvalue weighted by atomic mass is 32.2. The van der Waals surface area contributed by atoms with Crippen molar-refractivity contribution in [3.63, 3.8) is 0 Å². The molecule has 18 nitrogen and oxygen atoms in total. The van der Waals surface area contributed by atoms with E-state index in [1.165, 1.54) is 0 Å². The summed E-state index contributed by atoms with van der Waals surface area (Å²) in [7, 11) is 1.75. The van der Waals surface area contributed by atoms with Gasteiger partial charge in [-0.25, -0.2) is 9.59 Å². The van der Waals surface area contributed by atoms with Crippen molar-refractivity contribution >= 4 is 47.5 Å². The molecular weight excluding hydrogens is 833 g/mol. The Morgan fingerprint density at radius 1 is 0.683 bits per heavy atom. The maximum absolute atomic E-state index is 12.7. The molecule has 364 valence electrons. The number of unbranched alkanes of at least 4 members (excludes halogenated alkanes) is 6. The highest BCUT2D eigenvalue weighted by Gasteiger charge is 2.42. The molecule has 2 aliphatic heterocycles. The second-order valence-corrected chi connectivity index (χ2v) is 18.6. The molecule has 0 aliphatic carbocycles. The van der Waals surface area contributed by atoms with E-state index in [0.29, 0.717) is 110 Å². The summed E-state index contributed by atoms with van der Waals surface area (Å²) in [5.41, 5.74) is 5.63. The predicted molar refractivity (Wildman–Crippen MR) is 245 cm³/mol. The molecular formula is C44H82N8O10S. The number of urea groups is 1. The first kappa shape index (κ1) is 55.7. The highest BCUT2D eigenvalue weighted by molar-refractivity contribution is 8.00. The van der Waals surface area contributed by atoms with Crippen LogP contribution in [0.3, 0.4) is 0 Å². The molecule has 2 aliphatic rings. The van der Waals surface area contributed by atoms with Crippen molar-refractivity contribution in [3.8, 4) is 0 Å². The van der Waals surface area contributed by atoms with Gasteiger partial charge in [-0.05, 0) is 91.4 Å². The zero-order valence-electron chi connectivity index (χ0n) is 38.8. The van der Waals surface area contributed by atoms with Crippen LogP contribution in [0.25, 0.3) is 0 Å². The molecule has 0 saturated carbocycles. The number of nitrogens with zero attached hydrogens (tertiary/aromatic N) is 1. The third kappa shape index (κ3) is 28.9. The Labute approximate surface area is 380 Å². The number of carbonyl (C=O) groups is 6. The van der Waals surface area contributed by atoms with Crippen molar-refractivity contribution in [2.24, 2.45) is 5.73 Å². The second kappa shape index (κ2) is 34.0.